The average molecular weight is 352 g/mol. The van der Waals surface area contributed by atoms with Crippen LogP contribution in [0.3, 0.4) is 0 Å². The third-order valence-corrected chi connectivity index (χ3v) is 3.44. The van der Waals surface area contributed by atoms with Crippen molar-refractivity contribution in [3.63, 3.8) is 0 Å². The van der Waals surface area contributed by atoms with Crippen LogP contribution in [0.4, 0.5) is 10.1 Å². The van der Waals surface area contributed by atoms with Gasteiger partial charge in [-0.25, -0.2) is 9.18 Å². The van der Waals surface area contributed by atoms with E-state index in [2.05, 4.69) is 5.32 Å². The van der Waals surface area contributed by atoms with Gasteiger partial charge in [0.25, 0.3) is 5.91 Å². The van der Waals surface area contributed by atoms with E-state index in [-0.39, 0.29) is 11.3 Å². The average Bonchev–Trinajstić information content (AvgIpc) is 2.55. The molecule has 0 atom stereocenters. The molecule has 0 bridgehead atoms. The van der Waals surface area contributed by atoms with Gasteiger partial charge in [0, 0.05) is 6.07 Å². The smallest absolute Gasteiger partial charge is 0.341 e. The van der Waals surface area contributed by atoms with E-state index < -0.39 is 24.3 Å². The van der Waals surface area contributed by atoms with E-state index in [1.807, 2.05) is 6.92 Å². The molecule has 1 N–H and O–H groups in total. The van der Waals surface area contributed by atoms with Gasteiger partial charge in [-0.2, -0.15) is 0 Å². The van der Waals surface area contributed by atoms with Crippen LogP contribution in [0.15, 0.2) is 36.4 Å². The highest BCUT2D eigenvalue weighted by atomic mass is 35.5. The van der Waals surface area contributed by atoms with E-state index >= 15 is 0 Å². The minimum Gasteiger partial charge on any atom is -0.497 e. The molecule has 0 fully saturated rings. The Morgan fingerprint density at radius 2 is 1.96 bits per heavy atom. The Kier molecular flexibility index (Phi) is 5.76. The van der Waals surface area contributed by atoms with Gasteiger partial charge in [-0.05, 0) is 36.8 Å². The molecule has 2 aromatic rings. The lowest BCUT2D eigenvalue weighted by molar-refractivity contribution is -0.119. The third kappa shape index (κ3) is 4.45. The van der Waals surface area contributed by atoms with E-state index in [1.165, 1.54) is 19.2 Å². The lowest BCUT2D eigenvalue weighted by atomic mass is 10.2. The predicted octanol–water partition coefficient (Wildman–Crippen LogP) is 3.59. The molecule has 24 heavy (non-hydrogen) atoms. The number of benzene rings is 2. The number of methoxy groups -OCH3 is 1. The molecular formula is C17H15ClFNO4. The molecule has 0 saturated heterocycles. The molecule has 0 saturated carbocycles. The SMILES string of the molecule is COc1ccc(C(=O)OCC(=O)Nc2ccc(C)cc2Cl)c(F)c1. The Balaban J connectivity index is 1.95. The van der Waals surface area contributed by atoms with Gasteiger partial charge in [0.15, 0.2) is 6.61 Å². The van der Waals surface area contributed by atoms with Gasteiger partial charge in [0.2, 0.25) is 0 Å². The summed E-state index contributed by atoms with van der Waals surface area (Å²) in [7, 11) is 1.38. The summed E-state index contributed by atoms with van der Waals surface area (Å²) in [4.78, 5) is 23.6. The molecule has 5 nitrogen and oxygen atoms in total. The van der Waals surface area contributed by atoms with Crippen molar-refractivity contribution in [1.29, 1.82) is 0 Å². The van der Waals surface area contributed by atoms with E-state index in [0.29, 0.717) is 10.7 Å². The highest BCUT2D eigenvalue weighted by Crippen LogP contribution is 2.22. The lowest BCUT2D eigenvalue weighted by Gasteiger charge is -2.09. The zero-order chi connectivity index (χ0) is 17.7. The molecule has 0 aliphatic heterocycles. The molecule has 0 radical (unpaired) electrons. The van der Waals surface area contributed by atoms with Crippen molar-refractivity contribution in [3.8, 4) is 5.75 Å². The van der Waals surface area contributed by atoms with Gasteiger partial charge in [0.05, 0.1) is 23.4 Å². The predicted molar refractivity (Wildman–Crippen MR) is 88.1 cm³/mol. The summed E-state index contributed by atoms with van der Waals surface area (Å²) >= 11 is 6.00. The van der Waals surface area contributed by atoms with E-state index in [1.54, 1.807) is 18.2 Å². The second kappa shape index (κ2) is 7.79. The van der Waals surface area contributed by atoms with Crippen molar-refractivity contribution in [2.75, 3.05) is 19.0 Å². The van der Waals surface area contributed by atoms with Crippen LogP contribution in [-0.4, -0.2) is 25.6 Å². The van der Waals surface area contributed by atoms with Crippen LogP contribution < -0.4 is 10.1 Å². The Morgan fingerprint density at radius 1 is 1.21 bits per heavy atom. The summed E-state index contributed by atoms with van der Waals surface area (Å²) in [5.41, 5.74) is 1.07. The quantitative estimate of drug-likeness (QED) is 0.836. The highest BCUT2D eigenvalue weighted by molar-refractivity contribution is 6.33. The molecular weight excluding hydrogens is 337 g/mol. The summed E-state index contributed by atoms with van der Waals surface area (Å²) in [6.07, 6.45) is 0. The Labute approximate surface area is 143 Å². The van der Waals surface area contributed by atoms with Gasteiger partial charge in [-0.1, -0.05) is 17.7 Å². The van der Waals surface area contributed by atoms with Gasteiger partial charge in [-0.15, -0.1) is 0 Å². The molecule has 0 aromatic heterocycles. The molecule has 0 spiro atoms. The maximum atomic E-state index is 13.8. The Bertz CT molecular complexity index is 779. The third-order valence-electron chi connectivity index (χ3n) is 3.13. The molecule has 2 aromatic carbocycles. The van der Waals surface area contributed by atoms with Gasteiger partial charge >= 0.3 is 5.97 Å². The minimum atomic E-state index is -0.944. The largest absolute Gasteiger partial charge is 0.497 e. The van der Waals surface area contributed by atoms with Crippen molar-refractivity contribution < 1.29 is 23.5 Å². The van der Waals surface area contributed by atoms with E-state index in [9.17, 15) is 14.0 Å². The first kappa shape index (κ1) is 17.7. The Morgan fingerprint density at radius 3 is 2.58 bits per heavy atom. The topological polar surface area (TPSA) is 64.6 Å². The summed E-state index contributed by atoms with van der Waals surface area (Å²) in [6, 6.07) is 8.82. The highest BCUT2D eigenvalue weighted by Gasteiger charge is 2.16. The van der Waals surface area contributed by atoms with E-state index in [4.69, 9.17) is 21.1 Å². The number of carbonyl (C=O) groups is 2. The zero-order valence-corrected chi connectivity index (χ0v) is 13.8. The first-order valence-corrected chi connectivity index (χ1v) is 7.35. The van der Waals surface area contributed by atoms with E-state index in [0.717, 1.165) is 11.6 Å². The molecule has 0 aliphatic rings. The maximum absolute atomic E-state index is 13.8. The molecule has 1 amide bonds. The molecule has 126 valence electrons. The molecule has 2 rings (SSSR count). The summed E-state index contributed by atoms with van der Waals surface area (Å²) in [6.45, 7) is 1.30. The second-order valence-corrected chi connectivity index (χ2v) is 5.36. The number of nitrogens with one attached hydrogen (secondary N) is 1. The monoisotopic (exact) mass is 351 g/mol. The van der Waals surface area contributed by atoms with Crippen LogP contribution >= 0.6 is 11.6 Å². The zero-order valence-electron chi connectivity index (χ0n) is 13.1. The summed E-state index contributed by atoms with van der Waals surface area (Å²) < 4.78 is 23.4. The molecule has 0 unspecified atom stereocenters. The number of hydrogen-bond donors (Lipinski definition) is 1. The van der Waals surface area contributed by atoms with Crippen molar-refractivity contribution >= 4 is 29.2 Å². The van der Waals surface area contributed by atoms with Gasteiger partial charge < -0.3 is 14.8 Å². The van der Waals surface area contributed by atoms with Crippen LogP contribution in [0.5, 0.6) is 5.75 Å². The van der Waals surface area contributed by atoms with Crippen molar-refractivity contribution in [2.45, 2.75) is 6.92 Å². The number of carbonyl (C=O) groups excluding carboxylic acids is 2. The Hall–Kier alpha value is -2.60. The fraction of sp³-hybridized carbons (Fsp3) is 0.176. The number of aryl methyl sites for hydroxylation is 1. The van der Waals surface area contributed by atoms with Crippen molar-refractivity contribution in [1.82, 2.24) is 0 Å². The van der Waals surface area contributed by atoms with Crippen LogP contribution in [0.2, 0.25) is 5.02 Å². The van der Waals surface area contributed by atoms with Crippen molar-refractivity contribution in [2.24, 2.45) is 0 Å². The number of esters is 1. The fourth-order valence-corrected chi connectivity index (χ4v) is 2.19. The number of hydrogen-bond acceptors (Lipinski definition) is 4. The van der Waals surface area contributed by atoms with Crippen LogP contribution in [0, 0.1) is 12.7 Å². The fourth-order valence-electron chi connectivity index (χ4n) is 1.90. The summed E-state index contributed by atoms with van der Waals surface area (Å²) in [5, 5.41) is 2.89. The molecule has 7 heteroatoms. The van der Waals surface area contributed by atoms with Gasteiger partial charge in [0.1, 0.15) is 11.6 Å². The van der Waals surface area contributed by atoms with Crippen LogP contribution in [0.25, 0.3) is 0 Å². The minimum absolute atomic E-state index is 0.274. The second-order valence-electron chi connectivity index (χ2n) is 4.95. The number of anilines is 1. The summed E-state index contributed by atoms with van der Waals surface area (Å²) in [5.74, 6) is -2.04. The number of rotatable bonds is 5. The maximum Gasteiger partial charge on any atom is 0.341 e. The standard InChI is InChI=1S/C17H15ClFNO4/c1-10-3-6-15(13(18)7-10)20-16(21)9-24-17(22)12-5-4-11(23-2)8-14(12)19/h3-8H,9H2,1-2H3,(H,20,21). The van der Waals surface area contributed by atoms with Crippen molar-refractivity contribution in [3.05, 3.63) is 58.4 Å². The number of amides is 1. The number of ether oxygens (including phenoxy) is 2. The normalized spacial score (nSPS) is 10.2. The van der Waals surface area contributed by atoms with Crippen LogP contribution in [-0.2, 0) is 9.53 Å². The first-order valence-electron chi connectivity index (χ1n) is 6.97. The first-order chi connectivity index (χ1) is 11.4. The molecule has 0 aliphatic carbocycles. The molecule has 0 heterocycles. The van der Waals surface area contributed by atoms with Crippen LogP contribution in [0.1, 0.15) is 15.9 Å². The lowest BCUT2D eigenvalue weighted by Crippen LogP contribution is -2.21. The number of halogens is 2. The van der Waals surface area contributed by atoms with Gasteiger partial charge in [-0.3, -0.25) is 4.79 Å².